The van der Waals surface area contributed by atoms with E-state index in [0.717, 1.165) is 11.3 Å². The molecule has 0 radical (unpaired) electrons. The van der Waals surface area contributed by atoms with Crippen LogP contribution < -0.4 is 4.90 Å². The second kappa shape index (κ2) is 6.39. The van der Waals surface area contributed by atoms with E-state index >= 15 is 0 Å². The second-order valence-corrected chi connectivity index (χ2v) is 4.85. The number of halogens is 1. The molecule has 2 rings (SSSR count). The zero-order chi connectivity index (χ0) is 15.4. The Morgan fingerprint density at radius 2 is 2.19 bits per heavy atom. The van der Waals surface area contributed by atoms with E-state index in [2.05, 4.69) is 5.16 Å². The van der Waals surface area contributed by atoms with Gasteiger partial charge in [-0.2, -0.15) is 0 Å². The number of benzene rings is 1. The molecular formula is C15H17FN2O3. The first-order valence-electron chi connectivity index (χ1n) is 6.61. The second-order valence-electron chi connectivity index (χ2n) is 4.85. The average Bonchev–Trinajstić information content (AvgIpc) is 2.74. The first-order chi connectivity index (χ1) is 9.97. The summed E-state index contributed by atoms with van der Waals surface area (Å²) in [6, 6.07) is 6.10. The highest BCUT2D eigenvalue weighted by atomic mass is 19.1. The average molecular weight is 292 g/mol. The topological polar surface area (TPSA) is 66.6 Å². The molecule has 0 aliphatic carbocycles. The van der Waals surface area contributed by atoms with E-state index in [1.165, 1.54) is 12.1 Å². The van der Waals surface area contributed by atoms with Crippen LogP contribution in [0.25, 0.3) is 0 Å². The van der Waals surface area contributed by atoms with Crippen LogP contribution in [0.3, 0.4) is 0 Å². The smallest absolute Gasteiger partial charge is 0.305 e. The van der Waals surface area contributed by atoms with Crippen LogP contribution in [0.2, 0.25) is 0 Å². The third-order valence-corrected chi connectivity index (χ3v) is 3.30. The van der Waals surface area contributed by atoms with Crippen molar-refractivity contribution in [2.75, 3.05) is 11.4 Å². The fourth-order valence-electron chi connectivity index (χ4n) is 2.12. The van der Waals surface area contributed by atoms with Gasteiger partial charge in [-0.15, -0.1) is 0 Å². The van der Waals surface area contributed by atoms with Crippen molar-refractivity contribution in [3.8, 4) is 0 Å². The Morgan fingerprint density at radius 1 is 1.43 bits per heavy atom. The molecular weight excluding hydrogens is 275 g/mol. The summed E-state index contributed by atoms with van der Waals surface area (Å²) in [6.45, 7) is 4.34. The molecule has 0 fully saturated rings. The zero-order valence-corrected chi connectivity index (χ0v) is 12.0. The Morgan fingerprint density at radius 3 is 2.76 bits per heavy atom. The summed E-state index contributed by atoms with van der Waals surface area (Å²) in [6.07, 6.45) is -0.0279. The molecule has 0 amide bonds. The lowest BCUT2D eigenvalue weighted by Gasteiger charge is -2.24. The summed E-state index contributed by atoms with van der Waals surface area (Å²) >= 11 is 0. The maximum atomic E-state index is 13.4. The van der Waals surface area contributed by atoms with Gasteiger partial charge in [0, 0.05) is 24.3 Å². The number of hydrogen-bond donors (Lipinski definition) is 1. The van der Waals surface area contributed by atoms with Crippen LogP contribution in [0.1, 0.15) is 23.4 Å². The van der Waals surface area contributed by atoms with Crippen LogP contribution in [0.15, 0.2) is 28.8 Å². The fraction of sp³-hybridized carbons (Fsp3) is 0.333. The fourth-order valence-corrected chi connectivity index (χ4v) is 2.12. The summed E-state index contributed by atoms with van der Waals surface area (Å²) < 4.78 is 18.5. The number of aryl methyl sites for hydroxylation is 2. The van der Waals surface area contributed by atoms with E-state index in [1.54, 1.807) is 19.1 Å². The van der Waals surface area contributed by atoms with Gasteiger partial charge in [0.25, 0.3) is 0 Å². The molecule has 6 heteroatoms. The normalized spacial score (nSPS) is 10.6. The predicted molar refractivity (Wildman–Crippen MR) is 75.7 cm³/mol. The zero-order valence-electron chi connectivity index (χ0n) is 12.0. The van der Waals surface area contributed by atoms with E-state index < -0.39 is 5.97 Å². The number of nitrogens with zero attached hydrogens (tertiary/aromatic N) is 2. The Bertz CT molecular complexity index is 620. The highest BCUT2D eigenvalue weighted by Gasteiger charge is 2.16. The molecule has 1 heterocycles. The molecule has 1 aromatic carbocycles. The van der Waals surface area contributed by atoms with Gasteiger partial charge in [-0.1, -0.05) is 11.2 Å². The first kappa shape index (κ1) is 15.0. The van der Waals surface area contributed by atoms with Crippen molar-refractivity contribution >= 4 is 11.7 Å². The molecule has 21 heavy (non-hydrogen) atoms. The number of carbonyl (C=O) groups is 1. The van der Waals surface area contributed by atoms with Gasteiger partial charge in [0.1, 0.15) is 11.6 Å². The molecule has 0 aliphatic heterocycles. The van der Waals surface area contributed by atoms with Crippen molar-refractivity contribution in [1.82, 2.24) is 5.16 Å². The maximum absolute atomic E-state index is 13.4. The van der Waals surface area contributed by atoms with Crippen molar-refractivity contribution in [2.45, 2.75) is 26.8 Å². The lowest BCUT2D eigenvalue weighted by molar-refractivity contribution is -0.136. The minimum absolute atomic E-state index is 0.0279. The number of hydrogen-bond acceptors (Lipinski definition) is 4. The molecule has 0 saturated carbocycles. The molecule has 0 spiro atoms. The van der Waals surface area contributed by atoms with Crippen LogP contribution in [0.5, 0.6) is 0 Å². The van der Waals surface area contributed by atoms with E-state index in [0.29, 0.717) is 18.0 Å². The van der Waals surface area contributed by atoms with Crippen LogP contribution in [0, 0.1) is 19.7 Å². The monoisotopic (exact) mass is 292 g/mol. The number of aliphatic carboxylic acids is 1. The Labute approximate surface area is 122 Å². The number of rotatable bonds is 6. The van der Waals surface area contributed by atoms with E-state index in [-0.39, 0.29) is 18.8 Å². The lowest BCUT2D eigenvalue weighted by Crippen LogP contribution is -2.26. The van der Waals surface area contributed by atoms with Crippen LogP contribution >= 0.6 is 0 Å². The molecule has 0 atom stereocenters. The van der Waals surface area contributed by atoms with Gasteiger partial charge in [0.2, 0.25) is 0 Å². The highest BCUT2D eigenvalue weighted by Crippen LogP contribution is 2.22. The number of carboxylic acids is 1. The number of aromatic nitrogens is 1. The third kappa shape index (κ3) is 3.81. The van der Waals surface area contributed by atoms with Crippen molar-refractivity contribution in [2.24, 2.45) is 0 Å². The van der Waals surface area contributed by atoms with E-state index in [9.17, 15) is 9.18 Å². The minimum Gasteiger partial charge on any atom is -0.481 e. The first-order valence-corrected chi connectivity index (χ1v) is 6.61. The number of carboxylic acid groups (broad SMARTS) is 1. The molecule has 0 aliphatic rings. The van der Waals surface area contributed by atoms with Gasteiger partial charge in [0.15, 0.2) is 0 Å². The highest BCUT2D eigenvalue weighted by molar-refractivity contribution is 5.67. The van der Waals surface area contributed by atoms with E-state index in [1.807, 2.05) is 11.8 Å². The van der Waals surface area contributed by atoms with Crippen molar-refractivity contribution in [1.29, 1.82) is 0 Å². The maximum Gasteiger partial charge on any atom is 0.305 e. The van der Waals surface area contributed by atoms with Gasteiger partial charge in [-0.25, -0.2) is 4.39 Å². The van der Waals surface area contributed by atoms with Gasteiger partial charge >= 0.3 is 5.97 Å². The standard InChI is InChI=1S/C15H17FN2O3/c1-10-14(11(2)21-17-10)9-18(7-6-15(19)20)13-5-3-4-12(16)8-13/h3-5,8H,6-7,9H2,1-2H3,(H,19,20). The molecule has 0 saturated heterocycles. The molecule has 1 aromatic heterocycles. The predicted octanol–water partition coefficient (Wildman–Crippen LogP) is 2.91. The Kier molecular flexibility index (Phi) is 4.57. The van der Waals surface area contributed by atoms with E-state index in [4.69, 9.17) is 9.63 Å². The molecule has 0 bridgehead atoms. The Hall–Kier alpha value is -2.37. The summed E-state index contributed by atoms with van der Waals surface area (Å²) in [5, 5.41) is 12.8. The van der Waals surface area contributed by atoms with Crippen molar-refractivity contribution < 1.29 is 18.8 Å². The SMILES string of the molecule is Cc1noc(C)c1CN(CCC(=O)O)c1cccc(F)c1. The van der Waals surface area contributed by atoms with Gasteiger partial charge < -0.3 is 14.5 Å². The summed E-state index contributed by atoms with van der Waals surface area (Å²) in [4.78, 5) is 12.6. The largest absolute Gasteiger partial charge is 0.481 e. The van der Waals surface area contributed by atoms with Gasteiger partial charge in [0.05, 0.1) is 12.1 Å². The van der Waals surface area contributed by atoms with Gasteiger partial charge in [-0.3, -0.25) is 4.79 Å². The van der Waals surface area contributed by atoms with Crippen molar-refractivity contribution in [3.05, 3.63) is 47.1 Å². The summed E-state index contributed by atoms with van der Waals surface area (Å²) in [5.41, 5.74) is 2.28. The third-order valence-electron chi connectivity index (χ3n) is 3.30. The lowest BCUT2D eigenvalue weighted by atomic mass is 10.1. The molecule has 112 valence electrons. The van der Waals surface area contributed by atoms with Crippen LogP contribution in [0.4, 0.5) is 10.1 Å². The molecule has 1 N–H and O–H groups in total. The minimum atomic E-state index is -0.893. The molecule has 5 nitrogen and oxygen atoms in total. The molecule has 0 unspecified atom stereocenters. The van der Waals surface area contributed by atoms with Crippen LogP contribution in [-0.2, 0) is 11.3 Å². The van der Waals surface area contributed by atoms with Gasteiger partial charge in [-0.05, 0) is 32.0 Å². The Balaban J connectivity index is 2.25. The molecule has 2 aromatic rings. The quantitative estimate of drug-likeness (QED) is 0.886. The summed E-state index contributed by atoms with van der Waals surface area (Å²) in [7, 11) is 0. The van der Waals surface area contributed by atoms with Crippen molar-refractivity contribution in [3.63, 3.8) is 0 Å². The number of anilines is 1. The summed E-state index contributed by atoms with van der Waals surface area (Å²) in [5.74, 6) is -0.564. The van der Waals surface area contributed by atoms with Crippen LogP contribution in [-0.4, -0.2) is 22.8 Å².